The number of hydrogen-bond donors (Lipinski definition) is 1. The summed E-state index contributed by atoms with van der Waals surface area (Å²) in [7, 11) is 0. The van der Waals surface area contributed by atoms with E-state index in [9.17, 15) is 9.59 Å². The summed E-state index contributed by atoms with van der Waals surface area (Å²) in [5.41, 5.74) is 2.95. The molecule has 1 N–H and O–H groups in total. The van der Waals surface area contributed by atoms with Gasteiger partial charge in [0, 0.05) is 13.1 Å². The Morgan fingerprint density at radius 1 is 0.833 bits per heavy atom. The highest BCUT2D eigenvalue weighted by molar-refractivity contribution is 5.93. The van der Waals surface area contributed by atoms with Gasteiger partial charge < -0.3 is 10.2 Å². The fourth-order valence-corrected chi connectivity index (χ4v) is 4.14. The number of likely N-dealkylation sites (tertiary alicyclic amines) is 1. The normalized spacial score (nSPS) is 15.9. The SMILES string of the molecule is O=C(NCc1ccccc1)[C@@H]1CCCN1C(=O)C(c1ccccc1)c1ccccc1. The Labute approximate surface area is 177 Å². The Kier molecular flexibility index (Phi) is 6.23. The van der Waals surface area contributed by atoms with Crippen molar-refractivity contribution in [3.8, 4) is 0 Å². The molecule has 0 radical (unpaired) electrons. The average Bonchev–Trinajstić information content (AvgIpc) is 3.30. The van der Waals surface area contributed by atoms with Crippen LogP contribution < -0.4 is 5.32 Å². The van der Waals surface area contributed by atoms with Gasteiger partial charge in [0.2, 0.25) is 11.8 Å². The minimum absolute atomic E-state index is 0.00948. The van der Waals surface area contributed by atoms with E-state index in [1.165, 1.54) is 0 Å². The predicted molar refractivity (Wildman–Crippen MR) is 118 cm³/mol. The van der Waals surface area contributed by atoms with Crippen molar-refractivity contribution in [2.24, 2.45) is 0 Å². The lowest BCUT2D eigenvalue weighted by Crippen LogP contribution is -2.47. The van der Waals surface area contributed by atoms with Crippen LogP contribution in [0.5, 0.6) is 0 Å². The van der Waals surface area contributed by atoms with Crippen molar-refractivity contribution in [2.75, 3.05) is 6.54 Å². The van der Waals surface area contributed by atoms with Crippen LogP contribution in [0, 0.1) is 0 Å². The molecular formula is C26H26N2O2. The molecular weight excluding hydrogens is 372 g/mol. The van der Waals surface area contributed by atoms with Crippen LogP contribution in [-0.4, -0.2) is 29.3 Å². The molecule has 1 saturated heterocycles. The maximum atomic E-state index is 13.7. The van der Waals surface area contributed by atoms with E-state index in [4.69, 9.17) is 0 Å². The molecule has 0 aromatic heterocycles. The van der Waals surface area contributed by atoms with E-state index in [2.05, 4.69) is 5.32 Å². The van der Waals surface area contributed by atoms with E-state index in [-0.39, 0.29) is 11.8 Å². The molecule has 2 amide bonds. The zero-order valence-corrected chi connectivity index (χ0v) is 16.9. The Hall–Kier alpha value is -3.40. The summed E-state index contributed by atoms with van der Waals surface area (Å²) in [4.78, 5) is 28.4. The molecule has 3 aromatic rings. The van der Waals surface area contributed by atoms with Gasteiger partial charge in [-0.05, 0) is 29.5 Å². The van der Waals surface area contributed by atoms with Crippen molar-refractivity contribution in [1.82, 2.24) is 10.2 Å². The van der Waals surface area contributed by atoms with Crippen molar-refractivity contribution < 1.29 is 9.59 Å². The number of carbonyl (C=O) groups excluding carboxylic acids is 2. The van der Waals surface area contributed by atoms with Gasteiger partial charge in [-0.3, -0.25) is 9.59 Å². The summed E-state index contributed by atoms with van der Waals surface area (Å²) in [5, 5.41) is 3.01. The lowest BCUT2D eigenvalue weighted by molar-refractivity contribution is -0.139. The molecule has 0 aliphatic carbocycles. The molecule has 3 aromatic carbocycles. The molecule has 1 aliphatic heterocycles. The lowest BCUT2D eigenvalue weighted by Gasteiger charge is -2.29. The van der Waals surface area contributed by atoms with Crippen LogP contribution in [0.25, 0.3) is 0 Å². The summed E-state index contributed by atoms with van der Waals surface area (Å²) in [6, 6.07) is 29.0. The molecule has 1 fully saturated rings. The molecule has 0 unspecified atom stereocenters. The fourth-order valence-electron chi connectivity index (χ4n) is 4.14. The predicted octanol–water partition coefficient (Wildman–Crippen LogP) is 4.13. The number of benzene rings is 3. The maximum absolute atomic E-state index is 13.7. The van der Waals surface area contributed by atoms with Gasteiger partial charge in [-0.2, -0.15) is 0 Å². The van der Waals surface area contributed by atoms with Gasteiger partial charge in [-0.15, -0.1) is 0 Å². The van der Waals surface area contributed by atoms with Gasteiger partial charge in [0.15, 0.2) is 0 Å². The van der Waals surface area contributed by atoms with E-state index < -0.39 is 12.0 Å². The fraction of sp³-hybridized carbons (Fsp3) is 0.231. The molecule has 30 heavy (non-hydrogen) atoms. The van der Waals surface area contributed by atoms with Gasteiger partial charge in [-0.1, -0.05) is 91.0 Å². The second-order valence-corrected chi connectivity index (χ2v) is 7.65. The minimum atomic E-state index is -0.420. The third-order valence-corrected chi connectivity index (χ3v) is 5.66. The molecule has 1 heterocycles. The monoisotopic (exact) mass is 398 g/mol. The molecule has 0 saturated carbocycles. The highest BCUT2D eigenvalue weighted by atomic mass is 16.2. The topological polar surface area (TPSA) is 49.4 Å². The van der Waals surface area contributed by atoms with Crippen molar-refractivity contribution >= 4 is 11.8 Å². The van der Waals surface area contributed by atoms with Gasteiger partial charge in [0.1, 0.15) is 6.04 Å². The van der Waals surface area contributed by atoms with Crippen LogP contribution in [0.3, 0.4) is 0 Å². The smallest absolute Gasteiger partial charge is 0.243 e. The molecule has 0 bridgehead atoms. The van der Waals surface area contributed by atoms with Crippen molar-refractivity contribution in [1.29, 1.82) is 0 Å². The molecule has 1 aliphatic rings. The number of rotatable bonds is 6. The largest absolute Gasteiger partial charge is 0.350 e. The van der Waals surface area contributed by atoms with E-state index in [1.54, 1.807) is 4.90 Å². The van der Waals surface area contributed by atoms with Crippen molar-refractivity contribution in [2.45, 2.75) is 31.3 Å². The maximum Gasteiger partial charge on any atom is 0.243 e. The summed E-state index contributed by atoms with van der Waals surface area (Å²) >= 11 is 0. The average molecular weight is 399 g/mol. The Balaban J connectivity index is 1.54. The van der Waals surface area contributed by atoms with Gasteiger partial charge in [0.05, 0.1) is 5.92 Å². The van der Waals surface area contributed by atoms with Crippen LogP contribution in [-0.2, 0) is 16.1 Å². The lowest BCUT2D eigenvalue weighted by atomic mass is 9.90. The first kappa shape index (κ1) is 19.9. The number of hydrogen-bond acceptors (Lipinski definition) is 2. The van der Waals surface area contributed by atoms with Gasteiger partial charge in [-0.25, -0.2) is 0 Å². The second-order valence-electron chi connectivity index (χ2n) is 7.65. The quantitative estimate of drug-likeness (QED) is 0.679. The van der Waals surface area contributed by atoms with Crippen LogP contribution >= 0.6 is 0 Å². The molecule has 4 nitrogen and oxygen atoms in total. The summed E-state index contributed by atoms with van der Waals surface area (Å²) in [6.07, 6.45) is 1.54. The standard InChI is InChI=1S/C26H26N2O2/c29-25(27-19-20-11-4-1-5-12-20)23-17-10-18-28(23)26(30)24(21-13-6-2-7-14-21)22-15-8-3-9-16-22/h1-9,11-16,23-24H,10,17-19H2,(H,27,29)/t23-/m0/s1. The zero-order chi connectivity index (χ0) is 20.8. The van der Waals surface area contributed by atoms with Crippen molar-refractivity contribution in [3.63, 3.8) is 0 Å². The molecule has 4 rings (SSSR count). The molecule has 1 atom stereocenters. The second kappa shape index (κ2) is 9.40. The van der Waals surface area contributed by atoms with Crippen LogP contribution in [0.4, 0.5) is 0 Å². The summed E-state index contributed by atoms with van der Waals surface area (Å²) < 4.78 is 0. The zero-order valence-electron chi connectivity index (χ0n) is 16.9. The third kappa shape index (κ3) is 4.43. The molecule has 0 spiro atoms. The number of amides is 2. The Bertz CT molecular complexity index is 934. The first-order chi connectivity index (χ1) is 14.7. The number of nitrogens with zero attached hydrogens (tertiary/aromatic N) is 1. The van der Waals surface area contributed by atoms with Crippen molar-refractivity contribution in [3.05, 3.63) is 108 Å². The number of carbonyl (C=O) groups is 2. The highest BCUT2D eigenvalue weighted by Crippen LogP contribution is 2.30. The van der Waals surface area contributed by atoms with E-state index >= 15 is 0 Å². The van der Waals surface area contributed by atoms with E-state index in [0.29, 0.717) is 19.5 Å². The first-order valence-corrected chi connectivity index (χ1v) is 10.5. The van der Waals surface area contributed by atoms with Crippen LogP contribution in [0.15, 0.2) is 91.0 Å². The van der Waals surface area contributed by atoms with E-state index in [1.807, 2.05) is 91.0 Å². The van der Waals surface area contributed by atoms with Gasteiger partial charge in [0.25, 0.3) is 0 Å². The third-order valence-electron chi connectivity index (χ3n) is 5.66. The molecule has 4 heteroatoms. The Morgan fingerprint density at radius 2 is 1.37 bits per heavy atom. The Morgan fingerprint density at radius 3 is 1.93 bits per heavy atom. The van der Waals surface area contributed by atoms with E-state index in [0.717, 1.165) is 23.1 Å². The van der Waals surface area contributed by atoms with Crippen LogP contribution in [0.2, 0.25) is 0 Å². The number of nitrogens with one attached hydrogen (secondary N) is 1. The first-order valence-electron chi connectivity index (χ1n) is 10.5. The van der Waals surface area contributed by atoms with Gasteiger partial charge >= 0.3 is 0 Å². The highest BCUT2D eigenvalue weighted by Gasteiger charge is 2.38. The molecule has 152 valence electrons. The summed E-state index contributed by atoms with van der Waals surface area (Å²) in [6.45, 7) is 1.08. The van der Waals surface area contributed by atoms with Crippen LogP contribution in [0.1, 0.15) is 35.4 Å². The minimum Gasteiger partial charge on any atom is -0.350 e. The summed E-state index contributed by atoms with van der Waals surface area (Å²) in [5.74, 6) is -0.496.